The van der Waals surface area contributed by atoms with E-state index in [1.54, 1.807) is 12.2 Å². The van der Waals surface area contributed by atoms with Crippen molar-refractivity contribution in [1.29, 1.82) is 0 Å². The Hall–Kier alpha value is -1.61. The molecule has 15 heavy (non-hydrogen) atoms. The molecule has 0 aliphatic heterocycles. The fraction of sp³-hybridized carbons (Fsp3) is 0.0833. The van der Waals surface area contributed by atoms with Gasteiger partial charge in [-0.3, -0.25) is 0 Å². The van der Waals surface area contributed by atoms with Crippen molar-refractivity contribution in [2.24, 2.45) is 0 Å². The third-order valence-corrected chi connectivity index (χ3v) is 2.88. The average molecular weight is 217 g/mol. The zero-order chi connectivity index (χ0) is 10.7. The fourth-order valence-corrected chi connectivity index (χ4v) is 1.86. The maximum atomic E-state index is 10.8. The van der Waals surface area contributed by atoms with Crippen LogP contribution in [0.1, 0.15) is 12.0 Å². The van der Waals surface area contributed by atoms with Gasteiger partial charge in [0.05, 0.1) is 4.86 Å². The van der Waals surface area contributed by atoms with Crippen LogP contribution in [0, 0.1) is 6.08 Å². The lowest BCUT2D eigenvalue weighted by Crippen LogP contribution is -1.99. The predicted molar refractivity (Wildman–Crippen MR) is 60.8 cm³/mol. The molecule has 1 radical (unpaired) electrons. The molecule has 0 N–H and O–H groups in total. The highest BCUT2D eigenvalue weighted by molar-refractivity contribution is 7.73. The molecular weight excluding hydrogens is 208 g/mol. The van der Waals surface area contributed by atoms with Crippen LogP contribution in [0.2, 0.25) is 0 Å². The molecule has 0 fully saturated rings. The van der Waals surface area contributed by atoms with Gasteiger partial charge in [-0.15, -0.1) is 0 Å². The molecule has 1 aromatic carbocycles. The van der Waals surface area contributed by atoms with Gasteiger partial charge in [-0.1, -0.05) is 36.4 Å². The predicted octanol–water partition coefficient (Wildman–Crippen LogP) is 1.88. The first kappa shape index (κ1) is 9.93. The molecule has 0 unspecified atom stereocenters. The Balaban J connectivity index is 2.48. The highest BCUT2D eigenvalue weighted by Gasteiger charge is 2.06. The van der Waals surface area contributed by atoms with Gasteiger partial charge in [0.15, 0.2) is 0 Å². The molecule has 2 nitrogen and oxygen atoms in total. The summed E-state index contributed by atoms with van der Waals surface area (Å²) in [6.07, 6.45) is 6.91. The van der Waals surface area contributed by atoms with Crippen LogP contribution in [0.3, 0.4) is 0 Å². The molecule has 0 amide bonds. The summed E-state index contributed by atoms with van der Waals surface area (Å²) in [6, 6.07) is 9.63. The molecule has 1 aliphatic carbocycles. The SMILES string of the molecule is O=S(=O)=C1C=C(c2ccccc2)[C]=CC1. The summed E-state index contributed by atoms with van der Waals surface area (Å²) in [7, 11) is -2.13. The van der Waals surface area contributed by atoms with Gasteiger partial charge >= 0.3 is 0 Å². The number of hydrogen-bond acceptors (Lipinski definition) is 2. The summed E-state index contributed by atoms with van der Waals surface area (Å²) in [5.41, 5.74) is 1.80. The summed E-state index contributed by atoms with van der Waals surface area (Å²) in [5, 5.41) is 0. The van der Waals surface area contributed by atoms with Crippen LogP contribution in [0.15, 0.2) is 42.5 Å². The van der Waals surface area contributed by atoms with Gasteiger partial charge in [-0.25, -0.2) is 0 Å². The van der Waals surface area contributed by atoms with E-state index in [1.165, 1.54) is 0 Å². The topological polar surface area (TPSA) is 34.1 Å². The summed E-state index contributed by atoms with van der Waals surface area (Å²) in [5.74, 6) is 0. The molecule has 0 aromatic heterocycles. The minimum absolute atomic E-state index is 0.410. The zero-order valence-corrected chi connectivity index (χ0v) is 8.79. The Labute approximate surface area is 90.1 Å². The van der Waals surface area contributed by atoms with Crippen molar-refractivity contribution in [1.82, 2.24) is 0 Å². The van der Waals surface area contributed by atoms with E-state index in [9.17, 15) is 8.42 Å². The molecular formula is C12H9O2S. The van der Waals surface area contributed by atoms with Crippen molar-refractivity contribution in [2.75, 3.05) is 0 Å². The van der Waals surface area contributed by atoms with Gasteiger partial charge in [0.1, 0.15) is 0 Å². The molecule has 0 saturated carbocycles. The highest BCUT2D eigenvalue weighted by atomic mass is 32.2. The van der Waals surface area contributed by atoms with Gasteiger partial charge in [0.25, 0.3) is 0 Å². The zero-order valence-electron chi connectivity index (χ0n) is 7.97. The second-order valence-electron chi connectivity index (χ2n) is 3.18. The largest absolute Gasteiger partial charge is 0.217 e. The Morgan fingerprint density at radius 3 is 2.53 bits per heavy atom. The molecule has 1 aromatic rings. The van der Waals surface area contributed by atoms with Crippen molar-refractivity contribution in [3.05, 3.63) is 54.1 Å². The monoisotopic (exact) mass is 217 g/mol. The highest BCUT2D eigenvalue weighted by Crippen LogP contribution is 2.18. The summed E-state index contributed by atoms with van der Waals surface area (Å²) < 4.78 is 21.6. The van der Waals surface area contributed by atoms with Crippen molar-refractivity contribution in [2.45, 2.75) is 6.42 Å². The second kappa shape index (κ2) is 4.28. The lowest BCUT2D eigenvalue weighted by molar-refractivity contribution is 0.627. The van der Waals surface area contributed by atoms with E-state index in [-0.39, 0.29) is 0 Å². The average Bonchev–Trinajstić information content (AvgIpc) is 2.30. The van der Waals surface area contributed by atoms with Gasteiger partial charge in [0.2, 0.25) is 10.3 Å². The summed E-state index contributed by atoms with van der Waals surface area (Å²) in [4.78, 5) is 0.410. The van der Waals surface area contributed by atoms with Crippen molar-refractivity contribution < 1.29 is 8.42 Å². The van der Waals surface area contributed by atoms with Crippen LogP contribution in [0.25, 0.3) is 5.57 Å². The number of rotatable bonds is 1. The Morgan fingerprint density at radius 1 is 1.13 bits per heavy atom. The molecule has 2 rings (SSSR count). The van der Waals surface area contributed by atoms with E-state index >= 15 is 0 Å². The summed E-state index contributed by atoms with van der Waals surface area (Å²) >= 11 is 0. The van der Waals surface area contributed by atoms with Crippen LogP contribution in [0.4, 0.5) is 0 Å². The van der Waals surface area contributed by atoms with Crippen molar-refractivity contribution in [3.8, 4) is 0 Å². The molecule has 0 spiro atoms. The van der Waals surface area contributed by atoms with E-state index < -0.39 is 10.3 Å². The Bertz CT molecular complexity index is 541. The molecule has 3 heteroatoms. The number of allylic oxidation sites excluding steroid dienone is 4. The van der Waals surface area contributed by atoms with Crippen LogP contribution < -0.4 is 0 Å². The van der Waals surface area contributed by atoms with Gasteiger partial charge in [0, 0.05) is 6.42 Å². The summed E-state index contributed by atoms with van der Waals surface area (Å²) in [6.45, 7) is 0. The quantitative estimate of drug-likeness (QED) is 0.673. The lowest BCUT2D eigenvalue weighted by Gasteiger charge is -2.06. The third kappa shape index (κ3) is 2.25. The third-order valence-electron chi connectivity index (χ3n) is 2.17. The first-order valence-electron chi connectivity index (χ1n) is 4.58. The first-order chi connectivity index (χ1) is 7.27. The number of benzene rings is 1. The molecule has 75 valence electrons. The van der Waals surface area contributed by atoms with E-state index in [4.69, 9.17) is 0 Å². The first-order valence-corrected chi connectivity index (χ1v) is 5.65. The van der Waals surface area contributed by atoms with Crippen molar-refractivity contribution in [3.63, 3.8) is 0 Å². The maximum absolute atomic E-state index is 10.8. The molecule has 0 saturated heterocycles. The van der Waals surface area contributed by atoms with E-state index in [0.29, 0.717) is 11.3 Å². The van der Waals surface area contributed by atoms with Crippen LogP contribution >= 0.6 is 0 Å². The Morgan fingerprint density at radius 2 is 1.87 bits per heavy atom. The molecule has 0 heterocycles. The van der Waals surface area contributed by atoms with Crippen LogP contribution in [-0.2, 0) is 10.3 Å². The van der Waals surface area contributed by atoms with E-state index in [2.05, 4.69) is 6.08 Å². The molecule has 0 atom stereocenters. The maximum Gasteiger partial charge on any atom is 0.217 e. The van der Waals surface area contributed by atoms with Crippen LogP contribution in [0.5, 0.6) is 0 Å². The molecule has 0 bridgehead atoms. The van der Waals surface area contributed by atoms with E-state index in [0.717, 1.165) is 11.1 Å². The minimum atomic E-state index is -2.13. The Kier molecular flexibility index (Phi) is 2.83. The standard InChI is InChI=1S/C12H9O2S/c13-15(14)12-8-4-7-11(9-12)10-5-2-1-3-6-10/h1-6,9H,8H2. The van der Waals surface area contributed by atoms with Gasteiger partial charge < -0.3 is 0 Å². The van der Waals surface area contributed by atoms with E-state index in [1.807, 2.05) is 30.3 Å². The number of hydrogen-bond donors (Lipinski definition) is 0. The van der Waals surface area contributed by atoms with Gasteiger partial charge in [-0.2, -0.15) is 8.42 Å². The smallest absolute Gasteiger partial charge is 0.184 e. The second-order valence-corrected chi connectivity index (χ2v) is 4.17. The minimum Gasteiger partial charge on any atom is -0.184 e. The molecule has 1 aliphatic rings. The lowest BCUT2D eigenvalue weighted by atomic mass is 10.00. The fourth-order valence-electron chi connectivity index (χ4n) is 1.42. The normalized spacial score (nSPS) is 14.9. The van der Waals surface area contributed by atoms with Gasteiger partial charge in [-0.05, 0) is 23.3 Å². The van der Waals surface area contributed by atoms with Crippen molar-refractivity contribution >= 4 is 20.7 Å². The van der Waals surface area contributed by atoms with Crippen LogP contribution in [-0.4, -0.2) is 13.3 Å².